The van der Waals surface area contributed by atoms with Crippen LogP contribution in [0.25, 0.3) is 10.7 Å². The maximum atomic E-state index is 13.3. The third kappa shape index (κ3) is 3.40. The molecule has 0 atom stereocenters. The molecule has 122 valence electrons. The van der Waals surface area contributed by atoms with Crippen LogP contribution in [0, 0.1) is 0 Å². The largest absolute Gasteiger partial charge is 0.435 e. The minimum absolute atomic E-state index is 0.152. The Kier molecular flexibility index (Phi) is 4.26. The number of nitrogens with one attached hydrogen (secondary N) is 1. The normalized spacial score (nSPS) is 12.0. The average molecular weight is 350 g/mol. The molecule has 0 bridgehead atoms. The molecular weight excluding hydrogens is 341 g/mol. The van der Waals surface area contributed by atoms with Crippen molar-refractivity contribution in [2.45, 2.75) is 6.18 Å². The minimum Gasteiger partial charge on any atom is -0.304 e. The number of azo groups is 1. The molecule has 2 heterocycles. The van der Waals surface area contributed by atoms with Gasteiger partial charge < -0.3 is 4.98 Å². The summed E-state index contributed by atoms with van der Waals surface area (Å²) in [7, 11) is 0. The zero-order valence-electron chi connectivity index (χ0n) is 11.9. The lowest BCUT2D eigenvalue weighted by atomic mass is 10.3. The van der Waals surface area contributed by atoms with E-state index in [9.17, 15) is 18.0 Å². The first-order valence-corrected chi connectivity index (χ1v) is 7.55. The van der Waals surface area contributed by atoms with E-state index in [1.165, 1.54) is 11.3 Å². The smallest absolute Gasteiger partial charge is 0.304 e. The summed E-state index contributed by atoms with van der Waals surface area (Å²) in [6, 6.07) is 11.4. The predicted molar refractivity (Wildman–Crippen MR) is 83.8 cm³/mol. The summed E-state index contributed by atoms with van der Waals surface area (Å²) in [4.78, 5) is 18.4. The van der Waals surface area contributed by atoms with Crippen LogP contribution in [0.1, 0.15) is 5.69 Å². The topological polar surface area (TPSA) is 70.5 Å². The monoisotopic (exact) mass is 350 g/mol. The Morgan fingerprint density at radius 2 is 1.79 bits per heavy atom. The molecule has 0 amide bonds. The molecular formula is C15H9F3N4OS. The standard InChI is InChI=1S/C15H9F3N4OS/c16-15(17,18)12-11(22-21-9-5-2-1-3-6-9)14(23)20-13(19-12)10-7-4-8-24-10/h1-8H,(H,19,20,23). The van der Waals surface area contributed by atoms with Crippen molar-refractivity contribution in [1.29, 1.82) is 0 Å². The van der Waals surface area contributed by atoms with Gasteiger partial charge >= 0.3 is 6.18 Å². The number of benzene rings is 1. The van der Waals surface area contributed by atoms with Crippen LogP contribution in [-0.2, 0) is 6.18 Å². The van der Waals surface area contributed by atoms with E-state index in [0.717, 1.165) is 0 Å². The number of thiophene rings is 1. The number of nitrogens with zero attached hydrogens (tertiary/aromatic N) is 3. The first-order chi connectivity index (χ1) is 11.4. The van der Waals surface area contributed by atoms with Crippen molar-refractivity contribution in [3.8, 4) is 10.7 Å². The van der Waals surface area contributed by atoms with Gasteiger partial charge in [0, 0.05) is 0 Å². The molecule has 2 aromatic heterocycles. The number of rotatable bonds is 3. The molecule has 0 aliphatic carbocycles. The lowest BCUT2D eigenvalue weighted by Crippen LogP contribution is -2.18. The van der Waals surface area contributed by atoms with Crippen LogP contribution in [0.5, 0.6) is 0 Å². The summed E-state index contributed by atoms with van der Waals surface area (Å²) in [6.07, 6.45) is -4.83. The highest BCUT2D eigenvalue weighted by Crippen LogP contribution is 2.34. The maximum absolute atomic E-state index is 13.3. The van der Waals surface area contributed by atoms with Crippen molar-refractivity contribution >= 4 is 22.7 Å². The number of aromatic amines is 1. The SMILES string of the molecule is O=c1[nH]c(-c2cccs2)nc(C(F)(F)F)c1N=Nc1ccccc1. The van der Waals surface area contributed by atoms with Gasteiger partial charge in [0.1, 0.15) is 0 Å². The van der Waals surface area contributed by atoms with E-state index in [1.54, 1.807) is 47.8 Å². The van der Waals surface area contributed by atoms with Crippen LogP contribution in [0.4, 0.5) is 24.5 Å². The molecule has 0 radical (unpaired) electrons. The Morgan fingerprint density at radius 1 is 1.04 bits per heavy atom. The Morgan fingerprint density at radius 3 is 2.42 bits per heavy atom. The van der Waals surface area contributed by atoms with Gasteiger partial charge in [-0.2, -0.15) is 18.3 Å². The molecule has 0 saturated carbocycles. The van der Waals surface area contributed by atoms with Crippen LogP contribution in [0.15, 0.2) is 62.9 Å². The quantitative estimate of drug-likeness (QED) is 0.680. The summed E-state index contributed by atoms with van der Waals surface area (Å²) in [5.41, 5.74) is -2.91. The summed E-state index contributed by atoms with van der Waals surface area (Å²) in [5, 5.41) is 8.81. The fraction of sp³-hybridized carbons (Fsp3) is 0.0667. The van der Waals surface area contributed by atoms with Gasteiger partial charge in [0.2, 0.25) is 0 Å². The molecule has 1 aromatic carbocycles. The van der Waals surface area contributed by atoms with Crippen LogP contribution in [0.2, 0.25) is 0 Å². The molecule has 0 aliphatic rings. The first-order valence-electron chi connectivity index (χ1n) is 6.67. The second kappa shape index (κ2) is 6.36. The van der Waals surface area contributed by atoms with E-state index in [1.807, 2.05) is 0 Å². The van der Waals surface area contributed by atoms with Crippen molar-refractivity contribution in [1.82, 2.24) is 9.97 Å². The van der Waals surface area contributed by atoms with Crippen molar-refractivity contribution in [2.24, 2.45) is 10.2 Å². The van der Waals surface area contributed by atoms with Gasteiger partial charge in [-0.25, -0.2) is 4.98 Å². The van der Waals surface area contributed by atoms with Gasteiger partial charge in [-0.05, 0) is 23.6 Å². The lowest BCUT2D eigenvalue weighted by Gasteiger charge is -2.09. The molecule has 5 nitrogen and oxygen atoms in total. The first kappa shape index (κ1) is 16.1. The fourth-order valence-corrected chi connectivity index (χ4v) is 2.56. The van der Waals surface area contributed by atoms with Crippen molar-refractivity contribution in [3.05, 3.63) is 63.9 Å². The van der Waals surface area contributed by atoms with Crippen molar-refractivity contribution in [2.75, 3.05) is 0 Å². The molecule has 0 aliphatic heterocycles. The second-order valence-electron chi connectivity index (χ2n) is 4.62. The Balaban J connectivity index is 2.12. The van der Waals surface area contributed by atoms with Crippen molar-refractivity contribution in [3.63, 3.8) is 0 Å². The molecule has 3 aromatic rings. The molecule has 3 rings (SSSR count). The zero-order valence-corrected chi connectivity index (χ0v) is 12.7. The van der Waals surface area contributed by atoms with E-state index in [2.05, 4.69) is 20.2 Å². The van der Waals surface area contributed by atoms with E-state index in [4.69, 9.17) is 0 Å². The van der Waals surface area contributed by atoms with Gasteiger partial charge in [-0.15, -0.1) is 16.5 Å². The van der Waals surface area contributed by atoms with Gasteiger partial charge in [0.25, 0.3) is 5.56 Å². The number of alkyl halides is 3. The lowest BCUT2D eigenvalue weighted by molar-refractivity contribution is -0.140. The molecule has 24 heavy (non-hydrogen) atoms. The number of hydrogen-bond acceptors (Lipinski definition) is 5. The zero-order chi connectivity index (χ0) is 17.2. The molecule has 9 heteroatoms. The third-order valence-corrected chi connectivity index (χ3v) is 3.82. The number of hydrogen-bond donors (Lipinski definition) is 1. The minimum atomic E-state index is -4.83. The summed E-state index contributed by atoms with van der Waals surface area (Å²) in [5.74, 6) is -0.152. The molecule has 1 N–H and O–H groups in total. The summed E-state index contributed by atoms with van der Waals surface area (Å²) >= 11 is 1.17. The highest BCUT2D eigenvalue weighted by Gasteiger charge is 2.38. The van der Waals surface area contributed by atoms with Crippen LogP contribution < -0.4 is 5.56 Å². The average Bonchev–Trinajstić information content (AvgIpc) is 3.07. The maximum Gasteiger partial charge on any atom is 0.435 e. The third-order valence-electron chi connectivity index (χ3n) is 2.94. The second-order valence-corrected chi connectivity index (χ2v) is 5.57. The van der Waals surface area contributed by atoms with Gasteiger partial charge in [-0.3, -0.25) is 4.79 Å². The molecule has 0 saturated heterocycles. The fourth-order valence-electron chi connectivity index (χ4n) is 1.89. The van der Waals surface area contributed by atoms with Crippen LogP contribution in [-0.4, -0.2) is 9.97 Å². The van der Waals surface area contributed by atoms with E-state index < -0.39 is 23.1 Å². The number of aromatic nitrogens is 2. The van der Waals surface area contributed by atoms with Crippen LogP contribution in [0.3, 0.4) is 0 Å². The van der Waals surface area contributed by atoms with Crippen molar-refractivity contribution < 1.29 is 13.2 Å². The van der Waals surface area contributed by atoms with Crippen LogP contribution >= 0.6 is 11.3 Å². The molecule has 0 fully saturated rings. The molecule has 0 spiro atoms. The van der Waals surface area contributed by atoms with E-state index in [-0.39, 0.29) is 5.82 Å². The van der Waals surface area contributed by atoms with Gasteiger partial charge in [0.05, 0.1) is 10.6 Å². The van der Waals surface area contributed by atoms with E-state index in [0.29, 0.717) is 10.6 Å². The Labute approximate surface area is 137 Å². The predicted octanol–water partition coefficient (Wildman–Crippen LogP) is 4.93. The Bertz CT molecular complexity index is 918. The highest BCUT2D eigenvalue weighted by molar-refractivity contribution is 7.13. The van der Waals surface area contributed by atoms with Gasteiger partial charge in [0.15, 0.2) is 17.2 Å². The highest BCUT2D eigenvalue weighted by atomic mass is 32.1. The summed E-state index contributed by atoms with van der Waals surface area (Å²) < 4.78 is 39.8. The molecule has 0 unspecified atom stereocenters. The Hall–Kier alpha value is -2.81. The van der Waals surface area contributed by atoms with E-state index >= 15 is 0 Å². The number of H-pyrrole nitrogens is 1. The summed E-state index contributed by atoms with van der Waals surface area (Å²) in [6.45, 7) is 0. The van der Waals surface area contributed by atoms with Gasteiger partial charge in [-0.1, -0.05) is 24.3 Å². The number of halogens is 3.